The summed E-state index contributed by atoms with van der Waals surface area (Å²) in [5.41, 5.74) is 3.16. The van der Waals surface area contributed by atoms with Gasteiger partial charge in [-0.05, 0) is 53.5 Å². The molecular formula is C15H15BrN2O2. The number of pyridine rings is 1. The highest BCUT2D eigenvalue weighted by Crippen LogP contribution is 2.29. The molecule has 20 heavy (non-hydrogen) atoms. The number of amides is 1. The molecule has 0 radical (unpaired) electrons. The number of hydrogen-bond donors (Lipinski definition) is 1. The van der Waals surface area contributed by atoms with Crippen LogP contribution in [-0.4, -0.2) is 18.0 Å². The lowest BCUT2D eigenvalue weighted by Crippen LogP contribution is -2.14. The van der Waals surface area contributed by atoms with E-state index < -0.39 is 0 Å². The van der Waals surface area contributed by atoms with Crippen LogP contribution in [0.2, 0.25) is 0 Å². The van der Waals surface area contributed by atoms with E-state index >= 15 is 0 Å². The van der Waals surface area contributed by atoms with Crippen LogP contribution in [0.4, 0.5) is 5.69 Å². The van der Waals surface area contributed by atoms with Gasteiger partial charge in [-0.3, -0.25) is 4.79 Å². The number of nitrogens with one attached hydrogen (secondary N) is 1. The highest BCUT2D eigenvalue weighted by molar-refractivity contribution is 9.10. The molecule has 0 saturated heterocycles. The van der Waals surface area contributed by atoms with Crippen molar-refractivity contribution in [3.8, 4) is 5.75 Å². The predicted octanol–water partition coefficient (Wildman–Crippen LogP) is 3.72. The zero-order valence-corrected chi connectivity index (χ0v) is 13.1. The Kier molecular flexibility index (Phi) is 4.39. The minimum absolute atomic E-state index is 0.209. The average molecular weight is 335 g/mol. The molecule has 1 amide bonds. The first-order valence-corrected chi connectivity index (χ1v) is 6.90. The average Bonchev–Trinajstić information content (AvgIpc) is 2.43. The standard InChI is InChI=1S/C15H15BrN2O2/c1-9-6-7-12(10(2)13(9)20-3)18-15(19)11-5-4-8-17-14(11)16/h4-8H,1-3H3,(H,18,19). The number of hydrogen-bond acceptors (Lipinski definition) is 3. The number of halogens is 1. The topological polar surface area (TPSA) is 51.2 Å². The van der Waals surface area contributed by atoms with E-state index in [0.29, 0.717) is 10.2 Å². The van der Waals surface area contributed by atoms with Crippen molar-refractivity contribution in [1.82, 2.24) is 4.98 Å². The Balaban J connectivity index is 2.32. The maximum atomic E-state index is 12.2. The Morgan fingerprint density at radius 3 is 2.70 bits per heavy atom. The number of anilines is 1. The molecule has 0 aliphatic carbocycles. The molecule has 0 spiro atoms. The van der Waals surface area contributed by atoms with E-state index in [9.17, 15) is 4.79 Å². The van der Waals surface area contributed by atoms with E-state index in [0.717, 1.165) is 22.6 Å². The SMILES string of the molecule is COc1c(C)ccc(NC(=O)c2cccnc2Br)c1C. The molecule has 1 aromatic heterocycles. The van der Waals surface area contributed by atoms with E-state index in [1.165, 1.54) is 0 Å². The number of aromatic nitrogens is 1. The normalized spacial score (nSPS) is 10.2. The number of methoxy groups -OCH3 is 1. The molecule has 0 unspecified atom stereocenters. The Morgan fingerprint density at radius 1 is 1.30 bits per heavy atom. The van der Waals surface area contributed by atoms with Gasteiger partial charge in [-0.2, -0.15) is 0 Å². The molecule has 0 fully saturated rings. The number of benzene rings is 1. The first-order chi connectivity index (χ1) is 9.54. The van der Waals surface area contributed by atoms with Crippen LogP contribution >= 0.6 is 15.9 Å². The molecule has 0 aliphatic heterocycles. The van der Waals surface area contributed by atoms with Gasteiger partial charge in [0.05, 0.1) is 12.7 Å². The molecule has 0 atom stereocenters. The second kappa shape index (κ2) is 6.05. The summed E-state index contributed by atoms with van der Waals surface area (Å²) in [6, 6.07) is 7.23. The molecule has 2 aromatic rings. The zero-order valence-electron chi connectivity index (χ0n) is 11.5. The summed E-state index contributed by atoms with van der Waals surface area (Å²) in [5, 5.41) is 2.88. The number of aryl methyl sites for hydroxylation is 1. The van der Waals surface area contributed by atoms with Crippen molar-refractivity contribution in [2.45, 2.75) is 13.8 Å². The first-order valence-electron chi connectivity index (χ1n) is 6.10. The summed E-state index contributed by atoms with van der Waals surface area (Å²) >= 11 is 3.27. The van der Waals surface area contributed by atoms with Gasteiger partial charge in [0.2, 0.25) is 0 Å². The minimum atomic E-state index is -0.209. The maximum absolute atomic E-state index is 12.2. The van der Waals surface area contributed by atoms with Gasteiger partial charge < -0.3 is 10.1 Å². The first kappa shape index (κ1) is 14.5. The quantitative estimate of drug-likeness (QED) is 0.870. The van der Waals surface area contributed by atoms with Gasteiger partial charge in [-0.1, -0.05) is 6.07 Å². The Hall–Kier alpha value is -1.88. The van der Waals surface area contributed by atoms with E-state index in [1.807, 2.05) is 26.0 Å². The molecule has 0 bridgehead atoms. The van der Waals surface area contributed by atoms with Crippen molar-refractivity contribution in [2.75, 3.05) is 12.4 Å². The fraction of sp³-hybridized carbons (Fsp3) is 0.200. The molecule has 1 aromatic carbocycles. The Bertz CT molecular complexity index is 656. The smallest absolute Gasteiger partial charge is 0.258 e. The molecule has 4 nitrogen and oxygen atoms in total. The summed E-state index contributed by atoms with van der Waals surface area (Å²) < 4.78 is 5.88. The minimum Gasteiger partial charge on any atom is -0.496 e. The molecule has 104 valence electrons. The lowest BCUT2D eigenvalue weighted by molar-refractivity contribution is 0.102. The highest BCUT2D eigenvalue weighted by Gasteiger charge is 2.14. The third kappa shape index (κ3) is 2.82. The van der Waals surface area contributed by atoms with E-state index in [-0.39, 0.29) is 5.91 Å². The van der Waals surface area contributed by atoms with E-state index in [4.69, 9.17) is 4.74 Å². The summed E-state index contributed by atoms with van der Waals surface area (Å²) in [5.74, 6) is 0.576. The van der Waals surface area contributed by atoms with Gasteiger partial charge in [-0.25, -0.2) is 4.98 Å². The molecule has 0 saturated carbocycles. The Labute approximate surface area is 126 Å². The fourth-order valence-electron chi connectivity index (χ4n) is 2.02. The van der Waals surface area contributed by atoms with Crippen LogP contribution in [0.15, 0.2) is 35.1 Å². The molecule has 1 heterocycles. The summed E-state index contributed by atoms with van der Waals surface area (Å²) in [4.78, 5) is 16.3. The second-order valence-electron chi connectivity index (χ2n) is 4.38. The van der Waals surface area contributed by atoms with Crippen molar-refractivity contribution < 1.29 is 9.53 Å². The van der Waals surface area contributed by atoms with E-state index in [1.54, 1.807) is 25.4 Å². The molecular weight excluding hydrogens is 320 g/mol. The number of carbonyl (C=O) groups is 1. The van der Waals surface area contributed by atoms with Crippen molar-refractivity contribution in [1.29, 1.82) is 0 Å². The monoisotopic (exact) mass is 334 g/mol. The summed E-state index contributed by atoms with van der Waals surface area (Å²) in [6.07, 6.45) is 1.63. The second-order valence-corrected chi connectivity index (χ2v) is 5.14. The molecule has 1 N–H and O–H groups in total. The van der Waals surface area contributed by atoms with Crippen molar-refractivity contribution >= 4 is 27.5 Å². The van der Waals surface area contributed by atoms with Crippen LogP contribution in [-0.2, 0) is 0 Å². The largest absolute Gasteiger partial charge is 0.496 e. The third-order valence-electron chi connectivity index (χ3n) is 3.06. The zero-order chi connectivity index (χ0) is 14.7. The Morgan fingerprint density at radius 2 is 2.05 bits per heavy atom. The van der Waals surface area contributed by atoms with Crippen LogP contribution in [0.5, 0.6) is 5.75 Å². The number of nitrogens with zero attached hydrogens (tertiary/aromatic N) is 1. The van der Waals surface area contributed by atoms with Crippen LogP contribution in [0.1, 0.15) is 21.5 Å². The summed E-state index contributed by atoms with van der Waals surface area (Å²) in [7, 11) is 1.62. The highest BCUT2D eigenvalue weighted by atomic mass is 79.9. The lowest BCUT2D eigenvalue weighted by atomic mass is 10.1. The van der Waals surface area contributed by atoms with Gasteiger partial charge >= 0.3 is 0 Å². The van der Waals surface area contributed by atoms with Crippen LogP contribution < -0.4 is 10.1 Å². The van der Waals surface area contributed by atoms with Crippen LogP contribution in [0.25, 0.3) is 0 Å². The van der Waals surface area contributed by atoms with Gasteiger partial charge in [0.15, 0.2) is 0 Å². The lowest BCUT2D eigenvalue weighted by Gasteiger charge is -2.14. The molecule has 5 heteroatoms. The number of rotatable bonds is 3. The maximum Gasteiger partial charge on any atom is 0.258 e. The van der Waals surface area contributed by atoms with Crippen LogP contribution in [0, 0.1) is 13.8 Å². The molecule has 2 rings (SSSR count). The van der Waals surface area contributed by atoms with Crippen molar-refractivity contribution in [3.63, 3.8) is 0 Å². The number of carbonyl (C=O) groups excluding carboxylic acids is 1. The fourth-order valence-corrected chi connectivity index (χ4v) is 2.45. The van der Waals surface area contributed by atoms with Crippen molar-refractivity contribution in [2.24, 2.45) is 0 Å². The van der Waals surface area contributed by atoms with Gasteiger partial charge in [0.1, 0.15) is 10.4 Å². The third-order valence-corrected chi connectivity index (χ3v) is 3.69. The molecule has 0 aliphatic rings. The predicted molar refractivity (Wildman–Crippen MR) is 82.4 cm³/mol. The van der Waals surface area contributed by atoms with Crippen LogP contribution in [0.3, 0.4) is 0 Å². The van der Waals surface area contributed by atoms with Gasteiger partial charge in [0.25, 0.3) is 5.91 Å². The van der Waals surface area contributed by atoms with Gasteiger partial charge in [-0.15, -0.1) is 0 Å². The van der Waals surface area contributed by atoms with E-state index in [2.05, 4.69) is 26.2 Å². The van der Waals surface area contributed by atoms with Gasteiger partial charge in [0, 0.05) is 17.4 Å². The van der Waals surface area contributed by atoms with Crippen molar-refractivity contribution in [3.05, 3.63) is 51.8 Å². The number of ether oxygens (including phenoxy) is 1. The summed E-state index contributed by atoms with van der Waals surface area (Å²) in [6.45, 7) is 3.88.